The third kappa shape index (κ3) is 5.57. The first-order valence-corrected chi connectivity index (χ1v) is 12.5. The Hall–Kier alpha value is -2.24. The fourth-order valence-electron chi connectivity index (χ4n) is 5.48. The van der Waals surface area contributed by atoms with Crippen LogP contribution in [0.4, 0.5) is 4.79 Å². The number of nitrogens with zero attached hydrogens (tertiary/aromatic N) is 1. The van der Waals surface area contributed by atoms with E-state index in [0.717, 1.165) is 43.4 Å². The van der Waals surface area contributed by atoms with Gasteiger partial charge in [-0.1, -0.05) is 51.3 Å². The summed E-state index contributed by atoms with van der Waals surface area (Å²) < 4.78 is 6.56. The van der Waals surface area contributed by atoms with Crippen molar-refractivity contribution in [3.8, 4) is 5.75 Å². The highest BCUT2D eigenvalue weighted by Crippen LogP contribution is 2.46. The van der Waals surface area contributed by atoms with E-state index in [9.17, 15) is 9.59 Å². The summed E-state index contributed by atoms with van der Waals surface area (Å²) in [4.78, 5) is 27.4. The number of fused-ring (bicyclic) bond motifs is 1. The van der Waals surface area contributed by atoms with Crippen molar-refractivity contribution in [2.45, 2.75) is 89.2 Å². The van der Waals surface area contributed by atoms with E-state index in [1.807, 2.05) is 23.1 Å². The number of amides is 3. The lowest BCUT2D eigenvalue weighted by Gasteiger charge is -2.47. The van der Waals surface area contributed by atoms with E-state index in [1.54, 1.807) is 0 Å². The fourth-order valence-corrected chi connectivity index (χ4v) is 5.48. The molecule has 1 spiro atoms. The number of piperidine rings is 1. The molecule has 3 amide bonds. The highest BCUT2D eigenvalue weighted by Gasteiger charge is 2.44. The Balaban J connectivity index is 1.38. The van der Waals surface area contributed by atoms with Crippen molar-refractivity contribution in [3.05, 3.63) is 29.8 Å². The topological polar surface area (TPSA) is 70.7 Å². The average molecular weight is 442 g/mol. The summed E-state index contributed by atoms with van der Waals surface area (Å²) in [7, 11) is 0. The molecule has 1 aromatic rings. The van der Waals surface area contributed by atoms with Gasteiger partial charge in [0.1, 0.15) is 11.4 Å². The maximum absolute atomic E-state index is 12.8. The predicted octanol–water partition coefficient (Wildman–Crippen LogP) is 4.59. The van der Waals surface area contributed by atoms with Gasteiger partial charge in [-0.2, -0.15) is 0 Å². The third-order valence-electron chi connectivity index (χ3n) is 7.34. The van der Waals surface area contributed by atoms with Crippen LogP contribution in [0.5, 0.6) is 5.75 Å². The minimum absolute atomic E-state index is 0.0765. The first kappa shape index (κ1) is 22.9. The minimum Gasteiger partial charge on any atom is -0.487 e. The van der Waals surface area contributed by atoms with Crippen LogP contribution in [-0.2, 0) is 4.79 Å². The molecule has 0 radical (unpaired) electrons. The number of hydrogen-bond acceptors (Lipinski definition) is 3. The van der Waals surface area contributed by atoms with Gasteiger partial charge in [0.2, 0.25) is 5.91 Å². The SMILES string of the molecule is CC(C)CNC(=O)C[C@H]1CC2(CCN(C(=O)NC3CCCCC3)CC2)Oc2ccccc21. The predicted molar refractivity (Wildman–Crippen MR) is 126 cm³/mol. The number of nitrogens with one attached hydrogen (secondary N) is 2. The number of rotatable bonds is 5. The number of urea groups is 1. The Morgan fingerprint density at radius 1 is 1.12 bits per heavy atom. The van der Waals surface area contributed by atoms with Crippen molar-refractivity contribution in [2.24, 2.45) is 5.92 Å². The molecule has 176 valence electrons. The van der Waals surface area contributed by atoms with E-state index in [0.29, 0.717) is 38.0 Å². The lowest BCUT2D eigenvalue weighted by Crippen LogP contribution is -2.55. The van der Waals surface area contributed by atoms with Crippen LogP contribution in [0.25, 0.3) is 0 Å². The smallest absolute Gasteiger partial charge is 0.317 e. The molecule has 32 heavy (non-hydrogen) atoms. The summed E-state index contributed by atoms with van der Waals surface area (Å²) >= 11 is 0. The lowest BCUT2D eigenvalue weighted by atomic mass is 9.76. The molecule has 0 unspecified atom stereocenters. The largest absolute Gasteiger partial charge is 0.487 e. The molecule has 1 aliphatic carbocycles. The van der Waals surface area contributed by atoms with E-state index in [4.69, 9.17) is 4.74 Å². The highest BCUT2D eigenvalue weighted by atomic mass is 16.5. The molecule has 3 aliphatic rings. The first-order chi connectivity index (χ1) is 15.4. The van der Waals surface area contributed by atoms with E-state index in [-0.39, 0.29) is 23.5 Å². The van der Waals surface area contributed by atoms with Crippen LogP contribution in [-0.4, -0.2) is 48.1 Å². The van der Waals surface area contributed by atoms with Crippen molar-refractivity contribution >= 4 is 11.9 Å². The summed E-state index contributed by atoms with van der Waals surface area (Å²) in [5.74, 6) is 1.60. The van der Waals surface area contributed by atoms with Crippen molar-refractivity contribution in [2.75, 3.05) is 19.6 Å². The molecule has 2 heterocycles. The van der Waals surface area contributed by atoms with Crippen LogP contribution >= 0.6 is 0 Å². The molecule has 2 aliphatic heterocycles. The van der Waals surface area contributed by atoms with Gasteiger partial charge in [-0.3, -0.25) is 4.79 Å². The minimum atomic E-state index is -0.293. The summed E-state index contributed by atoms with van der Waals surface area (Å²) in [5.41, 5.74) is 0.842. The number of likely N-dealkylation sites (tertiary alicyclic amines) is 1. The molecule has 6 heteroatoms. The van der Waals surface area contributed by atoms with Crippen LogP contribution in [0.2, 0.25) is 0 Å². The number of carbonyl (C=O) groups excluding carboxylic acids is 2. The standard InChI is InChI=1S/C26H39N3O3/c1-19(2)18-27-24(30)16-20-17-26(32-23-11-7-6-10-22(20)23)12-14-29(15-13-26)25(31)28-21-8-4-3-5-9-21/h6-7,10-11,19-21H,3-5,8-9,12-18H2,1-2H3,(H,27,30)(H,28,31)/t20-/m0/s1. The quantitative estimate of drug-likeness (QED) is 0.702. The van der Waals surface area contributed by atoms with Crippen LogP contribution in [0.15, 0.2) is 24.3 Å². The van der Waals surface area contributed by atoms with Crippen molar-refractivity contribution in [3.63, 3.8) is 0 Å². The van der Waals surface area contributed by atoms with Gasteiger partial charge in [-0.25, -0.2) is 4.79 Å². The van der Waals surface area contributed by atoms with Gasteiger partial charge >= 0.3 is 6.03 Å². The van der Waals surface area contributed by atoms with Gasteiger partial charge in [0.15, 0.2) is 0 Å². The van der Waals surface area contributed by atoms with Crippen molar-refractivity contribution in [1.82, 2.24) is 15.5 Å². The van der Waals surface area contributed by atoms with E-state index in [2.05, 4.69) is 30.5 Å². The zero-order valence-electron chi connectivity index (χ0n) is 19.7. The summed E-state index contributed by atoms with van der Waals surface area (Å²) in [6, 6.07) is 8.55. The number of para-hydroxylation sites is 1. The molecular formula is C26H39N3O3. The Morgan fingerprint density at radius 3 is 2.56 bits per heavy atom. The fraction of sp³-hybridized carbons (Fsp3) is 0.692. The Morgan fingerprint density at radius 2 is 1.84 bits per heavy atom. The summed E-state index contributed by atoms with van der Waals surface area (Å²) in [6.07, 6.45) is 8.86. The summed E-state index contributed by atoms with van der Waals surface area (Å²) in [6.45, 7) is 6.33. The normalized spacial score (nSPS) is 22.8. The summed E-state index contributed by atoms with van der Waals surface area (Å²) in [5, 5.41) is 6.32. The molecule has 2 fully saturated rings. The van der Waals surface area contributed by atoms with Crippen molar-refractivity contribution < 1.29 is 14.3 Å². The molecule has 0 aromatic heterocycles. The second kappa shape index (κ2) is 10.1. The monoisotopic (exact) mass is 441 g/mol. The zero-order chi connectivity index (χ0) is 22.6. The van der Waals surface area contributed by atoms with Crippen LogP contribution < -0.4 is 15.4 Å². The molecule has 4 rings (SSSR count). The van der Waals surface area contributed by atoms with Crippen LogP contribution in [0.3, 0.4) is 0 Å². The van der Waals surface area contributed by atoms with E-state index >= 15 is 0 Å². The number of carbonyl (C=O) groups is 2. The van der Waals surface area contributed by atoms with Crippen LogP contribution in [0, 0.1) is 5.92 Å². The maximum Gasteiger partial charge on any atom is 0.317 e. The Labute approximate surface area is 192 Å². The van der Waals surface area contributed by atoms with Crippen LogP contribution in [0.1, 0.15) is 83.1 Å². The van der Waals surface area contributed by atoms with Gasteiger partial charge in [0.25, 0.3) is 0 Å². The molecular weight excluding hydrogens is 402 g/mol. The van der Waals surface area contributed by atoms with Gasteiger partial charge < -0.3 is 20.3 Å². The Kier molecular flexibility index (Phi) is 7.27. The molecule has 0 bridgehead atoms. The van der Waals surface area contributed by atoms with Crippen molar-refractivity contribution in [1.29, 1.82) is 0 Å². The second-order valence-electron chi connectivity index (χ2n) is 10.4. The lowest BCUT2D eigenvalue weighted by molar-refractivity contribution is -0.122. The molecule has 1 atom stereocenters. The number of ether oxygens (including phenoxy) is 1. The maximum atomic E-state index is 12.8. The first-order valence-electron chi connectivity index (χ1n) is 12.5. The number of hydrogen-bond donors (Lipinski definition) is 2. The number of benzene rings is 1. The van der Waals surface area contributed by atoms with E-state index in [1.165, 1.54) is 19.3 Å². The van der Waals surface area contributed by atoms with Gasteiger partial charge in [-0.05, 0) is 36.8 Å². The van der Waals surface area contributed by atoms with Gasteiger partial charge in [-0.15, -0.1) is 0 Å². The van der Waals surface area contributed by atoms with E-state index < -0.39 is 0 Å². The second-order valence-corrected chi connectivity index (χ2v) is 10.4. The van der Waals surface area contributed by atoms with Gasteiger partial charge in [0.05, 0.1) is 0 Å². The molecule has 1 saturated carbocycles. The molecule has 1 aromatic carbocycles. The van der Waals surface area contributed by atoms with Gasteiger partial charge in [0, 0.05) is 50.9 Å². The molecule has 1 saturated heterocycles. The Bertz CT molecular complexity index is 795. The zero-order valence-corrected chi connectivity index (χ0v) is 19.7. The third-order valence-corrected chi connectivity index (χ3v) is 7.34. The molecule has 2 N–H and O–H groups in total. The molecule has 6 nitrogen and oxygen atoms in total. The average Bonchev–Trinajstić information content (AvgIpc) is 2.79. The highest BCUT2D eigenvalue weighted by molar-refractivity contribution is 5.77.